The van der Waals surface area contributed by atoms with Crippen molar-refractivity contribution < 1.29 is 9.90 Å². The molecule has 1 fully saturated rings. The molecule has 0 radical (unpaired) electrons. The van der Waals surface area contributed by atoms with Crippen LogP contribution in [0.1, 0.15) is 28.8 Å². The number of likely N-dealkylation sites (N-methyl/N-ethyl adjacent to an activating group) is 1. The van der Waals surface area contributed by atoms with Crippen molar-refractivity contribution in [1.29, 1.82) is 0 Å². The van der Waals surface area contributed by atoms with Crippen LogP contribution in [-0.4, -0.2) is 83.8 Å². The number of carbonyl (C=O) groups excluding carboxylic acids is 1. The van der Waals surface area contributed by atoms with E-state index in [1.165, 1.54) is 6.20 Å². The van der Waals surface area contributed by atoms with Crippen molar-refractivity contribution in [3.8, 4) is 5.82 Å². The van der Waals surface area contributed by atoms with Gasteiger partial charge in [-0.3, -0.25) is 4.79 Å². The maximum atomic E-state index is 13.4. The lowest BCUT2D eigenvalue weighted by atomic mass is 9.94. The standard InChI is InChI=1S/C23H25N9O2/c1-23(34,21-25-7-3-8-26-21)15-4-5-16-17(14-15)32(18-6-9-27-22(24)28-18)29-19(16)20(33)31-12-10-30(2)11-13-31/h3-9,14,34H,10-13H2,1-2H3,(H2,24,27,28). The minimum Gasteiger partial charge on any atom is -0.377 e. The summed E-state index contributed by atoms with van der Waals surface area (Å²) in [5, 5.41) is 16.6. The molecule has 4 heterocycles. The molecule has 1 aromatic carbocycles. The molecular formula is C23H25N9O2. The van der Waals surface area contributed by atoms with Crippen LogP contribution in [0, 0.1) is 0 Å². The van der Waals surface area contributed by atoms with E-state index in [4.69, 9.17) is 5.73 Å². The lowest BCUT2D eigenvalue weighted by molar-refractivity contribution is 0.0659. The summed E-state index contributed by atoms with van der Waals surface area (Å²) < 4.78 is 1.56. The van der Waals surface area contributed by atoms with Crippen LogP contribution in [0.15, 0.2) is 48.9 Å². The highest BCUT2D eigenvalue weighted by molar-refractivity contribution is 6.05. The summed E-state index contributed by atoms with van der Waals surface area (Å²) in [6.07, 6.45) is 4.69. The van der Waals surface area contributed by atoms with Crippen LogP contribution in [0.25, 0.3) is 16.7 Å². The molecule has 3 N–H and O–H groups in total. The molecule has 1 amide bonds. The normalized spacial score (nSPS) is 16.5. The van der Waals surface area contributed by atoms with Crippen LogP contribution in [0.5, 0.6) is 0 Å². The van der Waals surface area contributed by atoms with Gasteiger partial charge in [-0.25, -0.2) is 19.6 Å². The second kappa shape index (κ2) is 8.43. The highest BCUT2D eigenvalue weighted by Crippen LogP contribution is 2.31. The molecular weight excluding hydrogens is 434 g/mol. The van der Waals surface area contributed by atoms with Crippen molar-refractivity contribution in [3.05, 3.63) is 66.0 Å². The maximum absolute atomic E-state index is 13.4. The molecule has 0 saturated carbocycles. The maximum Gasteiger partial charge on any atom is 0.275 e. The van der Waals surface area contributed by atoms with E-state index in [9.17, 15) is 9.90 Å². The molecule has 1 unspecified atom stereocenters. The summed E-state index contributed by atoms with van der Waals surface area (Å²) in [7, 11) is 2.04. The van der Waals surface area contributed by atoms with Gasteiger partial charge in [0.1, 0.15) is 5.60 Å². The van der Waals surface area contributed by atoms with Gasteiger partial charge in [0.15, 0.2) is 17.3 Å². The Morgan fingerprint density at radius 2 is 1.79 bits per heavy atom. The molecule has 11 nitrogen and oxygen atoms in total. The smallest absolute Gasteiger partial charge is 0.275 e. The van der Waals surface area contributed by atoms with E-state index in [0.717, 1.165) is 13.1 Å². The molecule has 174 valence electrons. The largest absolute Gasteiger partial charge is 0.377 e. The summed E-state index contributed by atoms with van der Waals surface area (Å²) >= 11 is 0. The average Bonchev–Trinajstić information content (AvgIpc) is 3.23. The van der Waals surface area contributed by atoms with Crippen LogP contribution in [0.2, 0.25) is 0 Å². The molecule has 0 spiro atoms. The number of hydrogen-bond donors (Lipinski definition) is 2. The van der Waals surface area contributed by atoms with E-state index in [0.29, 0.717) is 41.1 Å². The van der Waals surface area contributed by atoms with Crippen LogP contribution < -0.4 is 5.73 Å². The number of fused-ring (bicyclic) bond motifs is 1. The molecule has 1 aliphatic heterocycles. The van der Waals surface area contributed by atoms with Gasteiger partial charge >= 0.3 is 0 Å². The third-order valence-corrected chi connectivity index (χ3v) is 6.11. The van der Waals surface area contributed by atoms with E-state index < -0.39 is 5.60 Å². The predicted octanol–water partition coefficient (Wildman–Crippen LogP) is 0.831. The van der Waals surface area contributed by atoms with Crippen molar-refractivity contribution in [2.75, 3.05) is 39.0 Å². The SMILES string of the molecule is CN1CCN(C(=O)c2nn(-c3ccnc(N)n3)c3cc(C(C)(O)c4ncccn4)ccc23)CC1. The zero-order chi connectivity index (χ0) is 23.9. The number of nitrogen functional groups attached to an aromatic ring is 1. The van der Waals surface area contributed by atoms with E-state index in [1.807, 2.05) is 11.9 Å². The van der Waals surface area contributed by atoms with E-state index in [1.54, 1.807) is 54.3 Å². The summed E-state index contributed by atoms with van der Waals surface area (Å²) in [5.41, 5.74) is 5.82. The number of aliphatic hydroxyl groups is 1. The minimum atomic E-state index is -1.46. The Bertz CT molecular complexity index is 1350. The Kier molecular flexibility index (Phi) is 5.42. The topological polar surface area (TPSA) is 139 Å². The Hall–Kier alpha value is -3.96. The van der Waals surface area contributed by atoms with Crippen molar-refractivity contribution >= 4 is 22.8 Å². The summed E-state index contributed by atoms with van der Waals surface area (Å²) in [4.78, 5) is 34.1. The second-order valence-electron chi connectivity index (χ2n) is 8.51. The first-order valence-electron chi connectivity index (χ1n) is 10.9. The van der Waals surface area contributed by atoms with Crippen LogP contribution in [-0.2, 0) is 5.60 Å². The first-order chi connectivity index (χ1) is 16.3. The molecule has 34 heavy (non-hydrogen) atoms. The Morgan fingerprint density at radius 1 is 1.06 bits per heavy atom. The fourth-order valence-electron chi connectivity index (χ4n) is 4.07. The molecule has 5 rings (SSSR count). The van der Waals surface area contributed by atoms with Gasteiger partial charge < -0.3 is 20.6 Å². The zero-order valence-corrected chi connectivity index (χ0v) is 19.0. The number of piperazine rings is 1. The Balaban J connectivity index is 1.65. The summed E-state index contributed by atoms with van der Waals surface area (Å²) in [6, 6.07) is 8.68. The number of rotatable bonds is 4. The zero-order valence-electron chi connectivity index (χ0n) is 19.0. The summed E-state index contributed by atoms with van der Waals surface area (Å²) in [5.74, 6) is 0.627. The molecule has 11 heteroatoms. The number of nitrogens with zero attached hydrogens (tertiary/aromatic N) is 8. The van der Waals surface area contributed by atoms with Crippen LogP contribution in [0.4, 0.5) is 5.95 Å². The van der Waals surface area contributed by atoms with Crippen molar-refractivity contribution in [1.82, 2.24) is 39.5 Å². The Morgan fingerprint density at radius 3 is 2.50 bits per heavy atom. The molecule has 0 aliphatic carbocycles. The number of carbonyl (C=O) groups is 1. The number of aromatic nitrogens is 6. The quantitative estimate of drug-likeness (QED) is 0.454. The highest BCUT2D eigenvalue weighted by Gasteiger charge is 2.31. The molecule has 3 aromatic heterocycles. The van der Waals surface area contributed by atoms with Gasteiger partial charge in [-0.05, 0) is 37.7 Å². The number of benzene rings is 1. The van der Waals surface area contributed by atoms with Crippen molar-refractivity contribution in [3.63, 3.8) is 0 Å². The predicted molar refractivity (Wildman–Crippen MR) is 125 cm³/mol. The number of nitrogens with two attached hydrogens (primary N) is 1. The molecule has 1 atom stereocenters. The third-order valence-electron chi connectivity index (χ3n) is 6.11. The minimum absolute atomic E-state index is 0.0916. The summed E-state index contributed by atoms with van der Waals surface area (Å²) in [6.45, 7) is 4.49. The molecule has 4 aromatic rings. The van der Waals surface area contributed by atoms with Gasteiger partial charge in [0.2, 0.25) is 5.95 Å². The molecule has 1 saturated heterocycles. The fourth-order valence-corrected chi connectivity index (χ4v) is 4.07. The van der Waals surface area contributed by atoms with Crippen molar-refractivity contribution in [2.24, 2.45) is 0 Å². The van der Waals surface area contributed by atoms with E-state index in [2.05, 4.69) is 29.9 Å². The fraction of sp³-hybridized carbons (Fsp3) is 0.304. The monoisotopic (exact) mass is 459 g/mol. The van der Waals surface area contributed by atoms with E-state index >= 15 is 0 Å². The van der Waals surface area contributed by atoms with E-state index in [-0.39, 0.29) is 17.7 Å². The van der Waals surface area contributed by atoms with Gasteiger partial charge in [0.25, 0.3) is 5.91 Å². The van der Waals surface area contributed by atoms with Crippen molar-refractivity contribution in [2.45, 2.75) is 12.5 Å². The second-order valence-corrected chi connectivity index (χ2v) is 8.51. The number of anilines is 1. The first kappa shape index (κ1) is 21.9. The lowest BCUT2D eigenvalue weighted by Crippen LogP contribution is -2.47. The molecule has 0 bridgehead atoms. The number of hydrogen-bond acceptors (Lipinski definition) is 9. The Labute approximate surface area is 195 Å². The van der Waals surface area contributed by atoms with Crippen LogP contribution in [0.3, 0.4) is 0 Å². The highest BCUT2D eigenvalue weighted by atomic mass is 16.3. The average molecular weight is 460 g/mol. The lowest BCUT2D eigenvalue weighted by Gasteiger charge is -2.32. The van der Waals surface area contributed by atoms with Crippen LogP contribution >= 0.6 is 0 Å². The van der Waals surface area contributed by atoms with Gasteiger partial charge in [-0.1, -0.05) is 6.07 Å². The van der Waals surface area contributed by atoms with Gasteiger partial charge in [0.05, 0.1) is 5.52 Å². The number of amides is 1. The van der Waals surface area contributed by atoms with Gasteiger partial charge in [-0.2, -0.15) is 10.1 Å². The van der Waals surface area contributed by atoms with Gasteiger partial charge in [-0.15, -0.1) is 0 Å². The van der Waals surface area contributed by atoms with Gasteiger partial charge in [0, 0.05) is 56.2 Å². The molecule has 1 aliphatic rings. The first-order valence-corrected chi connectivity index (χ1v) is 10.9. The third kappa shape index (κ3) is 3.84.